The van der Waals surface area contributed by atoms with E-state index < -0.39 is 0 Å². The lowest BCUT2D eigenvalue weighted by Gasteiger charge is -2.12. The Kier molecular flexibility index (Phi) is 5.69. The van der Waals surface area contributed by atoms with Crippen molar-refractivity contribution in [3.05, 3.63) is 63.5 Å². The zero-order chi connectivity index (χ0) is 15.2. The molecule has 0 aliphatic rings. The Hall–Kier alpha value is -1.47. The van der Waals surface area contributed by atoms with Crippen molar-refractivity contribution in [2.45, 2.75) is 18.9 Å². The number of rotatable bonds is 5. The highest BCUT2D eigenvalue weighted by atomic mass is 127. The van der Waals surface area contributed by atoms with E-state index in [0.29, 0.717) is 22.1 Å². The van der Waals surface area contributed by atoms with Gasteiger partial charge in [-0.15, -0.1) is 0 Å². The molecule has 0 aliphatic carbocycles. The SMILES string of the molecule is NC(CCC(=O)Nc1ccc(F)cc1I)c1ccccc1. The van der Waals surface area contributed by atoms with Gasteiger partial charge in [0.25, 0.3) is 0 Å². The predicted molar refractivity (Wildman–Crippen MR) is 90.4 cm³/mol. The van der Waals surface area contributed by atoms with Crippen LogP contribution in [0.2, 0.25) is 0 Å². The minimum absolute atomic E-state index is 0.120. The molecule has 2 aromatic rings. The average molecular weight is 398 g/mol. The maximum atomic E-state index is 13.0. The van der Waals surface area contributed by atoms with Gasteiger partial charge in [0, 0.05) is 16.0 Å². The molecular weight excluding hydrogens is 382 g/mol. The largest absolute Gasteiger partial charge is 0.325 e. The zero-order valence-corrected chi connectivity index (χ0v) is 13.5. The lowest BCUT2D eigenvalue weighted by molar-refractivity contribution is -0.116. The predicted octanol–water partition coefficient (Wildman–Crippen LogP) is 3.85. The van der Waals surface area contributed by atoms with E-state index in [1.165, 1.54) is 12.1 Å². The third kappa shape index (κ3) is 4.78. The van der Waals surface area contributed by atoms with Crippen LogP contribution in [0, 0.1) is 9.39 Å². The summed E-state index contributed by atoms with van der Waals surface area (Å²) in [4.78, 5) is 11.9. The van der Waals surface area contributed by atoms with Gasteiger partial charge in [-0.3, -0.25) is 4.79 Å². The van der Waals surface area contributed by atoms with Crippen molar-refractivity contribution in [2.24, 2.45) is 5.73 Å². The van der Waals surface area contributed by atoms with Crippen LogP contribution < -0.4 is 11.1 Å². The van der Waals surface area contributed by atoms with Crippen molar-refractivity contribution < 1.29 is 9.18 Å². The molecule has 2 rings (SSSR count). The number of benzene rings is 2. The zero-order valence-electron chi connectivity index (χ0n) is 11.4. The summed E-state index contributed by atoms with van der Waals surface area (Å²) in [5.41, 5.74) is 7.69. The van der Waals surface area contributed by atoms with Crippen LogP contribution in [-0.4, -0.2) is 5.91 Å². The van der Waals surface area contributed by atoms with Crippen molar-refractivity contribution in [3.63, 3.8) is 0 Å². The van der Waals surface area contributed by atoms with Crippen LogP contribution in [0.4, 0.5) is 10.1 Å². The van der Waals surface area contributed by atoms with Crippen molar-refractivity contribution in [3.8, 4) is 0 Å². The van der Waals surface area contributed by atoms with Gasteiger partial charge in [-0.25, -0.2) is 4.39 Å². The first kappa shape index (κ1) is 15.9. The highest BCUT2D eigenvalue weighted by Crippen LogP contribution is 2.20. The lowest BCUT2D eigenvalue weighted by Crippen LogP contribution is -2.17. The Morgan fingerprint density at radius 1 is 1.24 bits per heavy atom. The van der Waals surface area contributed by atoms with Crippen LogP contribution >= 0.6 is 22.6 Å². The van der Waals surface area contributed by atoms with Gasteiger partial charge >= 0.3 is 0 Å². The Bertz CT molecular complexity index is 619. The van der Waals surface area contributed by atoms with Crippen molar-refractivity contribution in [2.75, 3.05) is 5.32 Å². The second-order valence-corrected chi connectivity index (χ2v) is 5.89. The van der Waals surface area contributed by atoms with E-state index in [1.54, 1.807) is 6.07 Å². The van der Waals surface area contributed by atoms with Gasteiger partial charge in [0.2, 0.25) is 5.91 Å². The van der Waals surface area contributed by atoms with Gasteiger partial charge < -0.3 is 11.1 Å². The summed E-state index contributed by atoms with van der Waals surface area (Å²) < 4.78 is 13.7. The van der Waals surface area contributed by atoms with E-state index in [1.807, 2.05) is 52.9 Å². The molecule has 2 aromatic carbocycles. The molecule has 0 spiro atoms. The van der Waals surface area contributed by atoms with Crippen LogP contribution in [0.3, 0.4) is 0 Å². The molecule has 0 aromatic heterocycles. The second kappa shape index (κ2) is 7.51. The summed E-state index contributed by atoms with van der Waals surface area (Å²) in [6.45, 7) is 0. The number of hydrogen-bond donors (Lipinski definition) is 2. The fourth-order valence-electron chi connectivity index (χ4n) is 1.96. The van der Waals surface area contributed by atoms with E-state index >= 15 is 0 Å². The Morgan fingerprint density at radius 3 is 2.62 bits per heavy atom. The minimum atomic E-state index is -0.316. The van der Waals surface area contributed by atoms with Crippen molar-refractivity contribution in [1.82, 2.24) is 0 Å². The van der Waals surface area contributed by atoms with Crippen LogP contribution in [0.1, 0.15) is 24.4 Å². The first-order valence-corrected chi connectivity index (χ1v) is 7.69. The summed E-state index contributed by atoms with van der Waals surface area (Å²) in [7, 11) is 0. The fourth-order valence-corrected chi connectivity index (χ4v) is 2.57. The highest BCUT2D eigenvalue weighted by Gasteiger charge is 2.10. The molecule has 3 N–H and O–H groups in total. The lowest BCUT2D eigenvalue weighted by atomic mass is 10.0. The smallest absolute Gasteiger partial charge is 0.224 e. The van der Waals surface area contributed by atoms with Gasteiger partial charge in [-0.2, -0.15) is 0 Å². The fraction of sp³-hybridized carbons (Fsp3) is 0.188. The molecule has 1 amide bonds. The highest BCUT2D eigenvalue weighted by molar-refractivity contribution is 14.1. The number of hydrogen-bond acceptors (Lipinski definition) is 2. The molecule has 3 nitrogen and oxygen atoms in total. The molecule has 1 unspecified atom stereocenters. The molecule has 5 heteroatoms. The molecule has 0 saturated heterocycles. The van der Waals surface area contributed by atoms with Gasteiger partial charge in [0.1, 0.15) is 5.82 Å². The molecule has 0 heterocycles. The Morgan fingerprint density at radius 2 is 1.95 bits per heavy atom. The standard InChI is InChI=1S/C16H16FIN2O/c17-12-6-8-15(13(18)10-12)20-16(21)9-7-14(19)11-4-2-1-3-5-11/h1-6,8,10,14H,7,9,19H2,(H,20,21). The number of anilines is 1. The summed E-state index contributed by atoms with van der Waals surface area (Å²) >= 11 is 1.99. The molecule has 0 radical (unpaired) electrons. The maximum Gasteiger partial charge on any atom is 0.224 e. The molecule has 21 heavy (non-hydrogen) atoms. The van der Waals surface area contributed by atoms with E-state index in [9.17, 15) is 9.18 Å². The van der Waals surface area contributed by atoms with E-state index in [4.69, 9.17) is 5.73 Å². The molecule has 1 atom stereocenters. The summed E-state index contributed by atoms with van der Waals surface area (Å²) in [5, 5.41) is 2.78. The van der Waals surface area contributed by atoms with Crippen LogP contribution in [-0.2, 0) is 4.79 Å². The molecule has 0 bridgehead atoms. The summed E-state index contributed by atoms with van der Waals surface area (Å²) in [5.74, 6) is -0.436. The molecule has 110 valence electrons. The molecule has 0 fully saturated rings. The van der Waals surface area contributed by atoms with Gasteiger partial charge in [-0.1, -0.05) is 30.3 Å². The summed E-state index contributed by atoms with van der Waals surface area (Å²) in [6, 6.07) is 13.8. The van der Waals surface area contributed by atoms with E-state index in [-0.39, 0.29) is 17.8 Å². The van der Waals surface area contributed by atoms with Gasteiger partial charge in [0.05, 0.1) is 5.69 Å². The van der Waals surface area contributed by atoms with Crippen LogP contribution in [0.5, 0.6) is 0 Å². The Labute approximate surface area is 136 Å². The number of amides is 1. The number of nitrogens with two attached hydrogens (primary N) is 1. The first-order valence-electron chi connectivity index (χ1n) is 6.61. The average Bonchev–Trinajstić information content (AvgIpc) is 2.48. The number of carbonyl (C=O) groups excluding carboxylic acids is 1. The second-order valence-electron chi connectivity index (χ2n) is 4.73. The molecular formula is C16H16FIN2O. The van der Waals surface area contributed by atoms with E-state index in [2.05, 4.69) is 5.32 Å². The van der Waals surface area contributed by atoms with Crippen LogP contribution in [0.15, 0.2) is 48.5 Å². The Balaban J connectivity index is 1.87. The first-order chi connectivity index (χ1) is 10.1. The number of carbonyl (C=O) groups is 1. The normalized spacial score (nSPS) is 12.0. The quantitative estimate of drug-likeness (QED) is 0.752. The minimum Gasteiger partial charge on any atom is -0.325 e. The third-order valence-corrected chi connectivity index (χ3v) is 4.01. The molecule has 0 saturated carbocycles. The molecule has 0 aliphatic heterocycles. The monoisotopic (exact) mass is 398 g/mol. The van der Waals surface area contributed by atoms with E-state index in [0.717, 1.165) is 5.56 Å². The third-order valence-electron chi connectivity index (χ3n) is 3.12. The number of halogens is 2. The van der Waals surface area contributed by atoms with Crippen molar-refractivity contribution in [1.29, 1.82) is 0 Å². The topological polar surface area (TPSA) is 55.1 Å². The summed E-state index contributed by atoms with van der Waals surface area (Å²) in [6.07, 6.45) is 0.886. The maximum absolute atomic E-state index is 13.0. The van der Waals surface area contributed by atoms with Crippen molar-refractivity contribution >= 4 is 34.2 Å². The van der Waals surface area contributed by atoms with Gasteiger partial charge in [0.15, 0.2) is 0 Å². The van der Waals surface area contributed by atoms with Crippen LogP contribution in [0.25, 0.3) is 0 Å². The van der Waals surface area contributed by atoms with Gasteiger partial charge in [-0.05, 0) is 52.8 Å². The number of nitrogens with one attached hydrogen (secondary N) is 1.